The Balaban J connectivity index is 3.35. The van der Waals surface area contributed by atoms with Crippen molar-refractivity contribution < 1.29 is 8.42 Å². The summed E-state index contributed by atoms with van der Waals surface area (Å²) in [5.74, 6) is 0. The van der Waals surface area contributed by atoms with Gasteiger partial charge in [-0.05, 0) is 26.8 Å². The number of aromatic nitrogens is 1. The van der Waals surface area contributed by atoms with Crippen LogP contribution >= 0.6 is 11.6 Å². The lowest BCUT2D eigenvalue weighted by Crippen LogP contribution is -2.45. The summed E-state index contributed by atoms with van der Waals surface area (Å²) < 4.78 is 26.4. The monoisotopic (exact) mass is 288 g/mol. The smallest absolute Gasteiger partial charge is 0.246 e. The molecule has 0 saturated carbocycles. The zero-order valence-corrected chi connectivity index (χ0v) is 12.3. The number of sulfonamides is 1. The van der Waals surface area contributed by atoms with E-state index in [1.807, 2.05) is 20.8 Å². The molecule has 1 heterocycles. The molecule has 0 amide bonds. The van der Waals surface area contributed by atoms with Gasteiger partial charge in [-0.3, -0.25) is 4.98 Å². The lowest BCUT2D eigenvalue weighted by atomic mass is 10.1. The first kappa shape index (κ1) is 15.1. The van der Waals surface area contributed by atoms with E-state index in [4.69, 9.17) is 11.6 Å². The molecule has 0 aromatic carbocycles. The van der Waals surface area contributed by atoms with Gasteiger partial charge in [0.2, 0.25) is 10.0 Å². The van der Waals surface area contributed by atoms with E-state index in [-0.39, 0.29) is 16.5 Å². The van der Waals surface area contributed by atoms with Crippen LogP contribution in [0.3, 0.4) is 0 Å². The Bertz CT molecular complexity index is 535. The molecule has 0 bridgehead atoms. The Labute approximate surface area is 113 Å². The van der Waals surface area contributed by atoms with Crippen LogP contribution in [0.4, 0.5) is 0 Å². The van der Waals surface area contributed by atoms with Crippen molar-refractivity contribution in [3.63, 3.8) is 0 Å². The van der Waals surface area contributed by atoms with Crippen LogP contribution in [0.5, 0.6) is 0 Å². The third kappa shape index (κ3) is 3.10. The minimum atomic E-state index is -3.68. The summed E-state index contributed by atoms with van der Waals surface area (Å²) in [6, 6.07) is 1.46. The minimum Gasteiger partial charge on any atom is -0.263 e. The fraction of sp³-hybridized carbons (Fsp3) is 0.417. The zero-order chi connectivity index (χ0) is 14.0. The predicted molar refractivity (Wildman–Crippen MR) is 73.1 cm³/mol. The average molecular weight is 289 g/mol. The van der Waals surface area contributed by atoms with E-state index in [2.05, 4.69) is 11.6 Å². The zero-order valence-electron chi connectivity index (χ0n) is 10.7. The number of hydrogen-bond donors (Lipinski definition) is 0. The largest absolute Gasteiger partial charge is 0.263 e. The van der Waals surface area contributed by atoms with Crippen LogP contribution in [0.15, 0.2) is 36.0 Å². The van der Waals surface area contributed by atoms with E-state index in [1.165, 1.54) is 22.8 Å². The second-order valence-corrected chi connectivity index (χ2v) is 7.04. The molecule has 1 rings (SSSR count). The van der Waals surface area contributed by atoms with E-state index >= 15 is 0 Å². The van der Waals surface area contributed by atoms with Crippen molar-refractivity contribution in [3.8, 4) is 0 Å². The van der Waals surface area contributed by atoms with Crippen molar-refractivity contribution >= 4 is 21.6 Å². The highest BCUT2D eigenvalue weighted by Gasteiger charge is 2.34. The Kier molecular flexibility index (Phi) is 4.53. The van der Waals surface area contributed by atoms with Crippen LogP contribution in [-0.2, 0) is 10.0 Å². The summed E-state index contributed by atoms with van der Waals surface area (Å²) >= 11 is 5.93. The number of rotatable bonds is 4. The second kappa shape index (κ2) is 5.38. The predicted octanol–water partition coefficient (Wildman–Crippen LogP) is 2.71. The number of halogens is 1. The molecule has 0 aliphatic carbocycles. The highest BCUT2D eigenvalue weighted by Crippen LogP contribution is 2.28. The van der Waals surface area contributed by atoms with Gasteiger partial charge in [0.15, 0.2) is 0 Å². The van der Waals surface area contributed by atoms with Crippen molar-refractivity contribution in [2.75, 3.05) is 6.54 Å². The summed E-state index contributed by atoms with van der Waals surface area (Å²) in [5.41, 5.74) is -0.563. The summed E-state index contributed by atoms with van der Waals surface area (Å²) in [7, 11) is -3.68. The molecule has 6 heteroatoms. The highest BCUT2D eigenvalue weighted by molar-refractivity contribution is 7.89. The Morgan fingerprint density at radius 3 is 2.56 bits per heavy atom. The molecule has 0 aliphatic heterocycles. The normalized spacial score (nSPS) is 12.7. The van der Waals surface area contributed by atoms with Crippen molar-refractivity contribution in [3.05, 3.63) is 36.1 Å². The highest BCUT2D eigenvalue weighted by atomic mass is 35.5. The molecule has 18 heavy (non-hydrogen) atoms. The van der Waals surface area contributed by atoms with E-state index in [0.717, 1.165) is 0 Å². The third-order valence-corrected chi connectivity index (χ3v) is 4.95. The summed E-state index contributed by atoms with van der Waals surface area (Å²) in [6.45, 7) is 9.26. The molecule has 0 aliphatic rings. The molecule has 4 nitrogen and oxygen atoms in total. The number of hydrogen-bond acceptors (Lipinski definition) is 3. The summed E-state index contributed by atoms with van der Waals surface area (Å²) in [6.07, 6.45) is 4.27. The van der Waals surface area contributed by atoms with Gasteiger partial charge in [-0.15, -0.1) is 6.58 Å². The molecule has 0 fully saturated rings. The Morgan fingerprint density at radius 1 is 1.50 bits per heavy atom. The molecule has 0 unspecified atom stereocenters. The maximum Gasteiger partial charge on any atom is 0.246 e. The van der Waals surface area contributed by atoms with Gasteiger partial charge in [-0.25, -0.2) is 8.42 Å². The van der Waals surface area contributed by atoms with Gasteiger partial charge in [0.1, 0.15) is 4.90 Å². The van der Waals surface area contributed by atoms with Crippen LogP contribution in [0, 0.1) is 0 Å². The van der Waals surface area contributed by atoms with E-state index in [0.29, 0.717) is 0 Å². The lowest BCUT2D eigenvalue weighted by molar-refractivity contribution is 0.270. The van der Waals surface area contributed by atoms with Crippen LogP contribution in [0.25, 0.3) is 0 Å². The van der Waals surface area contributed by atoms with E-state index < -0.39 is 15.6 Å². The molecule has 0 radical (unpaired) electrons. The average Bonchev–Trinajstić information content (AvgIpc) is 2.24. The van der Waals surface area contributed by atoms with Gasteiger partial charge in [0.05, 0.1) is 5.02 Å². The van der Waals surface area contributed by atoms with Crippen LogP contribution in [-0.4, -0.2) is 29.8 Å². The van der Waals surface area contributed by atoms with Gasteiger partial charge >= 0.3 is 0 Å². The van der Waals surface area contributed by atoms with Gasteiger partial charge in [0, 0.05) is 24.5 Å². The van der Waals surface area contributed by atoms with Crippen molar-refractivity contribution in [1.82, 2.24) is 9.29 Å². The van der Waals surface area contributed by atoms with Crippen LogP contribution in [0.2, 0.25) is 5.02 Å². The van der Waals surface area contributed by atoms with E-state index in [9.17, 15) is 8.42 Å². The summed E-state index contributed by atoms with van der Waals surface area (Å²) in [5, 5.41) is 0.170. The van der Waals surface area contributed by atoms with Gasteiger partial charge < -0.3 is 0 Å². The van der Waals surface area contributed by atoms with Crippen molar-refractivity contribution in [2.24, 2.45) is 0 Å². The first-order valence-corrected chi connectivity index (χ1v) is 7.26. The summed E-state index contributed by atoms with van der Waals surface area (Å²) in [4.78, 5) is 3.84. The van der Waals surface area contributed by atoms with Crippen molar-refractivity contribution in [2.45, 2.75) is 31.2 Å². The third-order valence-electron chi connectivity index (χ3n) is 2.35. The second-order valence-electron chi connectivity index (χ2n) is 4.80. The topological polar surface area (TPSA) is 50.3 Å². The van der Waals surface area contributed by atoms with Crippen molar-refractivity contribution in [1.29, 1.82) is 0 Å². The first-order valence-electron chi connectivity index (χ1n) is 5.44. The minimum absolute atomic E-state index is 0.0171. The first-order chi connectivity index (χ1) is 8.21. The Hall–Kier alpha value is -0.910. The van der Waals surface area contributed by atoms with Gasteiger partial charge in [0.25, 0.3) is 0 Å². The van der Waals surface area contributed by atoms with Crippen LogP contribution in [0.1, 0.15) is 20.8 Å². The number of nitrogens with zero attached hydrogens (tertiary/aromatic N) is 2. The molecule has 1 aromatic heterocycles. The lowest BCUT2D eigenvalue weighted by Gasteiger charge is -2.33. The quantitative estimate of drug-likeness (QED) is 0.801. The fourth-order valence-electron chi connectivity index (χ4n) is 1.52. The van der Waals surface area contributed by atoms with Crippen LogP contribution < -0.4 is 0 Å². The standard InChI is InChI=1S/C12H17ClN2O2S/c1-5-8-15(12(2,3)4)18(16,17)11-9-14-7-6-10(11)13/h5-7,9H,1,8H2,2-4H3. The molecule has 100 valence electrons. The molecular weight excluding hydrogens is 272 g/mol. The molecule has 0 N–H and O–H groups in total. The maximum atomic E-state index is 12.5. The SMILES string of the molecule is C=CCN(C(C)(C)C)S(=O)(=O)c1cnccc1Cl. The molecule has 0 saturated heterocycles. The van der Waals surface area contributed by atoms with E-state index in [1.54, 1.807) is 6.08 Å². The van der Waals surface area contributed by atoms with Gasteiger partial charge in [-0.2, -0.15) is 4.31 Å². The molecule has 0 spiro atoms. The molecular formula is C12H17ClN2O2S. The fourth-order valence-corrected chi connectivity index (χ4v) is 3.69. The maximum absolute atomic E-state index is 12.5. The number of pyridine rings is 1. The Morgan fingerprint density at radius 2 is 2.11 bits per heavy atom. The molecule has 1 aromatic rings. The van der Waals surface area contributed by atoms with Gasteiger partial charge in [-0.1, -0.05) is 17.7 Å². The molecule has 0 atom stereocenters.